The van der Waals surface area contributed by atoms with Gasteiger partial charge in [0.2, 0.25) is 0 Å². The molecule has 0 fully saturated rings. The number of amides is 1. The minimum Gasteiger partial charge on any atom is -0.296 e. The van der Waals surface area contributed by atoms with E-state index in [1.165, 1.54) is 11.3 Å². The lowest BCUT2D eigenvalue weighted by Gasteiger charge is -1.96. The number of nitrogens with one attached hydrogen (secondary N) is 1. The molecule has 2 heterocycles. The van der Waals surface area contributed by atoms with Gasteiger partial charge in [-0.2, -0.15) is 5.10 Å². The van der Waals surface area contributed by atoms with E-state index in [0.29, 0.717) is 10.8 Å². The summed E-state index contributed by atoms with van der Waals surface area (Å²) < 4.78 is 3.61. The number of rotatable bonds is 2. The molecule has 0 aliphatic heterocycles. The van der Waals surface area contributed by atoms with Crippen LogP contribution >= 0.6 is 27.3 Å². The predicted molar refractivity (Wildman–Crippen MR) is 83.2 cm³/mol. The van der Waals surface area contributed by atoms with Crippen LogP contribution in [0.5, 0.6) is 0 Å². The molecule has 0 aliphatic rings. The van der Waals surface area contributed by atoms with Gasteiger partial charge in [-0.3, -0.25) is 14.8 Å². The Balaban J connectivity index is 1.89. The number of hydrogen-bond donors (Lipinski definition) is 1. The second kappa shape index (κ2) is 4.99. The first-order chi connectivity index (χ1) is 9.54. The van der Waals surface area contributed by atoms with E-state index in [-0.39, 0.29) is 5.91 Å². The lowest BCUT2D eigenvalue weighted by molar-refractivity contribution is 0.102. The minimum atomic E-state index is -0.246. The van der Waals surface area contributed by atoms with Crippen LogP contribution in [0.4, 0.5) is 5.13 Å². The zero-order chi connectivity index (χ0) is 14.3. The normalized spacial score (nSPS) is 10.9. The Morgan fingerprint density at radius 3 is 2.90 bits per heavy atom. The van der Waals surface area contributed by atoms with Gasteiger partial charge in [0, 0.05) is 17.2 Å². The van der Waals surface area contributed by atoms with Crippen LogP contribution in [0, 0.1) is 6.92 Å². The van der Waals surface area contributed by atoms with Crippen molar-refractivity contribution in [2.45, 2.75) is 6.92 Å². The van der Waals surface area contributed by atoms with E-state index < -0.39 is 0 Å². The van der Waals surface area contributed by atoms with Crippen molar-refractivity contribution in [1.82, 2.24) is 14.8 Å². The maximum Gasteiger partial charge on any atom is 0.277 e. The average Bonchev–Trinajstić information content (AvgIpc) is 2.95. The number of halogens is 1. The molecule has 0 radical (unpaired) electrons. The molecule has 0 saturated carbocycles. The Hall–Kier alpha value is -1.73. The van der Waals surface area contributed by atoms with E-state index in [1.54, 1.807) is 17.8 Å². The zero-order valence-corrected chi connectivity index (χ0v) is 13.2. The third-order valence-electron chi connectivity index (χ3n) is 2.94. The van der Waals surface area contributed by atoms with Crippen molar-refractivity contribution >= 4 is 48.5 Å². The maximum absolute atomic E-state index is 12.1. The number of anilines is 1. The maximum atomic E-state index is 12.1. The summed E-state index contributed by atoms with van der Waals surface area (Å²) in [7, 11) is 1.81. The second-order valence-corrected chi connectivity index (χ2v) is 6.24. The number of para-hydroxylation sites is 1. The van der Waals surface area contributed by atoms with Crippen molar-refractivity contribution in [1.29, 1.82) is 0 Å². The van der Waals surface area contributed by atoms with Crippen molar-refractivity contribution in [2.24, 2.45) is 7.05 Å². The van der Waals surface area contributed by atoms with Crippen LogP contribution in [0.3, 0.4) is 0 Å². The summed E-state index contributed by atoms with van der Waals surface area (Å²) in [6.45, 7) is 1.90. The molecule has 1 aromatic carbocycles. The molecule has 102 valence electrons. The SMILES string of the molecule is Cc1cc(C(=O)Nc2nc3c(Br)cccc3s2)nn1C. The highest BCUT2D eigenvalue weighted by Crippen LogP contribution is 2.30. The fourth-order valence-corrected chi connectivity index (χ4v) is 3.28. The highest BCUT2D eigenvalue weighted by Gasteiger charge is 2.14. The fourth-order valence-electron chi connectivity index (χ4n) is 1.80. The number of fused-ring (bicyclic) bond motifs is 1. The van der Waals surface area contributed by atoms with E-state index in [9.17, 15) is 4.79 Å². The molecule has 0 bridgehead atoms. The van der Waals surface area contributed by atoms with E-state index in [0.717, 1.165) is 20.4 Å². The van der Waals surface area contributed by atoms with Gasteiger partial charge in [0.15, 0.2) is 10.8 Å². The van der Waals surface area contributed by atoms with E-state index in [4.69, 9.17) is 0 Å². The van der Waals surface area contributed by atoms with Crippen molar-refractivity contribution in [3.05, 3.63) is 40.1 Å². The number of carbonyl (C=O) groups is 1. The summed E-state index contributed by atoms with van der Waals surface area (Å²) in [4.78, 5) is 16.5. The van der Waals surface area contributed by atoms with Crippen LogP contribution in [0.2, 0.25) is 0 Å². The van der Waals surface area contributed by atoms with Crippen molar-refractivity contribution in [3.8, 4) is 0 Å². The van der Waals surface area contributed by atoms with Crippen molar-refractivity contribution in [3.63, 3.8) is 0 Å². The smallest absolute Gasteiger partial charge is 0.277 e. The van der Waals surface area contributed by atoms with Crippen molar-refractivity contribution in [2.75, 3.05) is 5.32 Å². The van der Waals surface area contributed by atoms with Crippen LogP contribution < -0.4 is 5.32 Å². The van der Waals surface area contributed by atoms with Gasteiger partial charge in [0.1, 0.15) is 0 Å². The fraction of sp³-hybridized carbons (Fsp3) is 0.154. The molecule has 3 rings (SSSR count). The van der Waals surface area contributed by atoms with Gasteiger partial charge in [-0.1, -0.05) is 17.4 Å². The number of carbonyl (C=O) groups excluding carboxylic acids is 1. The Labute approximate surface area is 127 Å². The Kier molecular flexibility index (Phi) is 3.31. The summed E-state index contributed by atoms with van der Waals surface area (Å²) in [6.07, 6.45) is 0. The molecule has 0 atom stereocenters. The first-order valence-corrected chi connectivity index (χ1v) is 7.52. The molecule has 0 saturated heterocycles. The first-order valence-electron chi connectivity index (χ1n) is 5.91. The largest absolute Gasteiger partial charge is 0.296 e. The molecule has 1 N–H and O–H groups in total. The van der Waals surface area contributed by atoms with Crippen molar-refractivity contribution < 1.29 is 4.79 Å². The van der Waals surface area contributed by atoms with Gasteiger partial charge in [-0.25, -0.2) is 4.98 Å². The van der Waals surface area contributed by atoms with E-state index in [2.05, 4.69) is 31.3 Å². The van der Waals surface area contributed by atoms with Gasteiger partial charge in [-0.15, -0.1) is 0 Å². The number of benzene rings is 1. The zero-order valence-electron chi connectivity index (χ0n) is 10.8. The number of nitrogens with zero attached hydrogens (tertiary/aromatic N) is 3. The summed E-state index contributed by atoms with van der Waals surface area (Å²) in [5.74, 6) is -0.246. The highest BCUT2D eigenvalue weighted by atomic mass is 79.9. The molecular formula is C13H11BrN4OS. The number of hydrogen-bond acceptors (Lipinski definition) is 4. The number of aryl methyl sites for hydroxylation is 2. The Bertz CT molecular complexity index is 788. The number of thiazole rings is 1. The van der Waals surface area contributed by atoms with Gasteiger partial charge in [0.25, 0.3) is 5.91 Å². The van der Waals surface area contributed by atoms with Gasteiger partial charge >= 0.3 is 0 Å². The average molecular weight is 351 g/mol. The van der Waals surface area contributed by atoms with Gasteiger partial charge < -0.3 is 0 Å². The molecule has 7 heteroatoms. The lowest BCUT2D eigenvalue weighted by atomic mass is 10.3. The standard InChI is InChI=1S/C13H11BrN4OS/c1-7-6-9(17-18(7)2)12(19)16-13-15-11-8(14)4-3-5-10(11)20-13/h3-6H,1-2H3,(H,15,16,19). The summed E-state index contributed by atoms with van der Waals surface area (Å²) >= 11 is 4.89. The third kappa shape index (κ3) is 2.34. The van der Waals surface area contributed by atoms with Crippen LogP contribution in [0.1, 0.15) is 16.2 Å². The molecule has 0 spiro atoms. The van der Waals surface area contributed by atoms with Crippen LogP contribution in [0.15, 0.2) is 28.7 Å². The first kappa shape index (κ1) is 13.3. The molecule has 5 nitrogen and oxygen atoms in total. The van der Waals surface area contributed by atoms with Gasteiger partial charge in [-0.05, 0) is 41.1 Å². The summed E-state index contributed by atoms with van der Waals surface area (Å²) in [5.41, 5.74) is 2.18. The molecule has 0 aliphatic carbocycles. The monoisotopic (exact) mass is 350 g/mol. The Morgan fingerprint density at radius 1 is 1.45 bits per heavy atom. The lowest BCUT2D eigenvalue weighted by Crippen LogP contribution is -2.12. The summed E-state index contributed by atoms with van der Waals surface area (Å²) in [6, 6.07) is 7.59. The van der Waals surface area contributed by atoms with Gasteiger partial charge in [0.05, 0.1) is 10.2 Å². The van der Waals surface area contributed by atoms with Crippen LogP contribution in [-0.4, -0.2) is 20.7 Å². The molecular weight excluding hydrogens is 340 g/mol. The van der Waals surface area contributed by atoms with E-state index in [1.807, 2.05) is 25.1 Å². The van der Waals surface area contributed by atoms with Crippen LogP contribution in [-0.2, 0) is 7.05 Å². The van der Waals surface area contributed by atoms with Crippen LogP contribution in [0.25, 0.3) is 10.2 Å². The highest BCUT2D eigenvalue weighted by molar-refractivity contribution is 9.10. The summed E-state index contributed by atoms with van der Waals surface area (Å²) in [5, 5.41) is 7.51. The second-order valence-electron chi connectivity index (χ2n) is 4.35. The molecule has 0 unspecified atom stereocenters. The molecule has 20 heavy (non-hydrogen) atoms. The molecule has 1 amide bonds. The van der Waals surface area contributed by atoms with E-state index >= 15 is 0 Å². The molecule has 2 aromatic heterocycles. The number of aromatic nitrogens is 3. The Morgan fingerprint density at radius 2 is 2.25 bits per heavy atom. The minimum absolute atomic E-state index is 0.246. The quantitative estimate of drug-likeness (QED) is 0.770. The molecule has 3 aromatic rings. The topological polar surface area (TPSA) is 59.8 Å². The predicted octanol–water partition coefficient (Wildman–Crippen LogP) is 3.35. The third-order valence-corrected chi connectivity index (χ3v) is 4.51.